The Morgan fingerprint density at radius 3 is 1.33 bits per heavy atom. The molecule has 27 heavy (non-hydrogen) atoms. The minimum absolute atomic E-state index is 0.0880. The minimum atomic E-state index is 0.0880. The molecule has 0 aromatic rings. The van der Waals surface area contributed by atoms with Crippen LogP contribution in [0.5, 0.6) is 0 Å². The maximum Gasteiger partial charge on any atom is 0.0637 e. The fourth-order valence-corrected chi connectivity index (χ4v) is 7.46. The number of rotatable bonds is 6. The lowest BCUT2D eigenvalue weighted by Gasteiger charge is -2.41. The van der Waals surface area contributed by atoms with Crippen LogP contribution in [0.1, 0.15) is 93.9 Å². The normalized spacial score (nSPS) is 47.1. The third kappa shape index (κ3) is 2.71. The zero-order chi connectivity index (χ0) is 19.9. The van der Waals surface area contributed by atoms with E-state index in [9.17, 15) is 0 Å². The lowest BCUT2D eigenvalue weighted by atomic mass is 9.70. The molecule has 0 amide bonds. The Labute approximate surface area is 168 Å². The summed E-state index contributed by atoms with van der Waals surface area (Å²) in [5.74, 6) is 1.70. The summed E-state index contributed by atoms with van der Waals surface area (Å²) in [5.41, 5.74) is 1.67. The first-order chi connectivity index (χ1) is 12.3. The molecule has 0 spiro atoms. The van der Waals surface area contributed by atoms with E-state index in [-0.39, 0.29) is 5.41 Å². The van der Waals surface area contributed by atoms with E-state index in [4.69, 9.17) is 9.47 Å². The van der Waals surface area contributed by atoms with Crippen LogP contribution in [0.3, 0.4) is 0 Å². The molecule has 6 atom stereocenters. The topological polar surface area (TPSA) is 18.5 Å². The summed E-state index contributed by atoms with van der Waals surface area (Å²) >= 11 is 0. The summed E-state index contributed by atoms with van der Waals surface area (Å²) in [5, 5.41) is 0. The smallest absolute Gasteiger partial charge is 0.0637 e. The average molecular weight is 377 g/mol. The summed E-state index contributed by atoms with van der Waals surface area (Å²) in [6.07, 6.45) is 8.86. The third-order valence-electron chi connectivity index (χ3n) is 10.8. The number of ether oxygens (including phenoxy) is 2. The fraction of sp³-hybridized carbons (Fsp3) is 1.00. The maximum atomic E-state index is 6.60. The molecule has 4 rings (SSSR count). The van der Waals surface area contributed by atoms with Crippen molar-refractivity contribution in [3.8, 4) is 0 Å². The molecule has 0 aromatic carbocycles. The largest absolute Gasteiger partial charge is 0.377 e. The Kier molecular flexibility index (Phi) is 4.47. The van der Waals surface area contributed by atoms with Crippen LogP contribution in [-0.4, -0.2) is 25.4 Å². The molecule has 4 saturated carbocycles. The first-order valence-corrected chi connectivity index (χ1v) is 11.6. The molecule has 0 radical (unpaired) electrons. The van der Waals surface area contributed by atoms with Crippen molar-refractivity contribution >= 4 is 0 Å². The molecule has 4 aliphatic carbocycles. The zero-order valence-corrected chi connectivity index (χ0v) is 19.3. The lowest BCUT2D eigenvalue weighted by molar-refractivity contribution is -0.113. The van der Waals surface area contributed by atoms with Gasteiger partial charge in [-0.25, -0.2) is 0 Å². The summed E-state index contributed by atoms with van der Waals surface area (Å²) in [4.78, 5) is 0. The van der Waals surface area contributed by atoms with Crippen molar-refractivity contribution in [2.24, 2.45) is 38.9 Å². The van der Waals surface area contributed by atoms with E-state index in [0.717, 1.165) is 25.0 Å². The second-order valence-electron chi connectivity index (χ2n) is 13.0. The highest BCUT2D eigenvalue weighted by molar-refractivity contribution is 5.12. The maximum absolute atomic E-state index is 6.60. The van der Waals surface area contributed by atoms with E-state index in [1.165, 1.54) is 38.5 Å². The second-order valence-corrected chi connectivity index (χ2v) is 13.0. The molecule has 0 N–H and O–H groups in total. The summed E-state index contributed by atoms with van der Waals surface area (Å²) in [6, 6.07) is 0. The molecule has 0 aliphatic heterocycles. The van der Waals surface area contributed by atoms with E-state index in [0.29, 0.717) is 33.9 Å². The van der Waals surface area contributed by atoms with Crippen LogP contribution < -0.4 is 0 Å². The molecular formula is C25H44O2. The standard InChI is InChI=1S/C25H44O2/c1-21(2,15-26-19-13-17-9-11-24(19,7)22(17,3)4)16-27-20-14-18-10-12-25(20,8)23(18,5)6/h17-20H,9-16H2,1-8H3. The molecule has 2 nitrogen and oxygen atoms in total. The van der Waals surface area contributed by atoms with Gasteiger partial charge < -0.3 is 9.47 Å². The monoisotopic (exact) mass is 376 g/mol. The first-order valence-electron chi connectivity index (χ1n) is 11.6. The van der Waals surface area contributed by atoms with Crippen molar-refractivity contribution < 1.29 is 9.47 Å². The van der Waals surface area contributed by atoms with Gasteiger partial charge in [0.25, 0.3) is 0 Å². The minimum Gasteiger partial charge on any atom is -0.377 e. The van der Waals surface area contributed by atoms with Crippen LogP contribution in [0.25, 0.3) is 0 Å². The van der Waals surface area contributed by atoms with Crippen molar-refractivity contribution in [1.29, 1.82) is 0 Å². The molecular weight excluding hydrogens is 332 g/mol. The average Bonchev–Trinajstić information content (AvgIpc) is 3.09. The van der Waals surface area contributed by atoms with Gasteiger partial charge in [0.1, 0.15) is 0 Å². The van der Waals surface area contributed by atoms with E-state index < -0.39 is 0 Å². The quantitative estimate of drug-likeness (QED) is 0.528. The third-order valence-corrected chi connectivity index (χ3v) is 10.8. The van der Waals surface area contributed by atoms with Crippen LogP contribution >= 0.6 is 0 Å². The molecule has 0 aromatic heterocycles. The highest BCUT2D eigenvalue weighted by Crippen LogP contribution is 2.67. The zero-order valence-electron chi connectivity index (χ0n) is 19.3. The molecule has 156 valence electrons. The van der Waals surface area contributed by atoms with Gasteiger partial charge in [-0.15, -0.1) is 0 Å². The van der Waals surface area contributed by atoms with Gasteiger partial charge in [-0.05, 0) is 72.0 Å². The molecule has 2 heteroatoms. The van der Waals surface area contributed by atoms with Gasteiger partial charge in [-0.3, -0.25) is 0 Å². The summed E-state index contributed by atoms with van der Waals surface area (Å²) in [7, 11) is 0. The van der Waals surface area contributed by atoms with Crippen molar-refractivity contribution in [2.75, 3.05) is 13.2 Å². The number of fused-ring (bicyclic) bond motifs is 4. The summed E-state index contributed by atoms with van der Waals surface area (Å²) < 4.78 is 13.2. The van der Waals surface area contributed by atoms with Gasteiger partial charge >= 0.3 is 0 Å². The Morgan fingerprint density at radius 2 is 1.07 bits per heavy atom. The van der Waals surface area contributed by atoms with Crippen molar-refractivity contribution in [3.05, 3.63) is 0 Å². The van der Waals surface area contributed by atoms with Gasteiger partial charge in [-0.1, -0.05) is 55.4 Å². The van der Waals surface area contributed by atoms with Crippen molar-refractivity contribution in [2.45, 2.75) is 106 Å². The fourth-order valence-electron chi connectivity index (χ4n) is 7.46. The highest BCUT2D eigenvalue weighted by atomic mass is 16.5. The van der Waals surface area contributed by atoms with E-state index in [1.54, 1.807) is 0 Å². The van der Waals surface area contributed by atoms with Gasteiger partial charge in [-0.2, -0.15) is 0 Å². The van der Waals surface area contributed by atoms with Crippen molar-refractivity contribution in [3.63, 3.8) is 0 Å². The van der Waals surface area contributed by atoms with E-state index in [2.05, 4.69) is 55.4 Å². The Bertz CT molecular complexity index is 541. The van der Waals surface area contributed by atoms with Crippen LogP contribution in [0.4, 0.5) is 0 Å². The Morgan fingerprint density at radius 1 is 0.704 bits per heavy atom. The van der Waals surface area contributed by atoms with E-state index >= 15 is 0 Å². The van der Waals surface area contributed by atoms with E-state index in [1.807, 2.05) is 0 Å². The van der Waals surface area contributed by atoms with Gasteiger partial charge in [0.2, 0.25) is 0 Å². The molecule has 4 fully saturated rings. The SMILES string of the molecule is CC(C)(COC1CC2CCC1(C)C2(C)C)COC1CC2CCC1(C)C2(C)C. The predicted molar refractivity (Wildman–Crippen MR) is 112 cm³/mol. The van der Waals surface area contributed by atoms with Crippen molar-refractivity contribution in [1.82, 2.24) is 0 Å². The van der Waals surface area contributed by atoms with Gasteiger partial charge in [0.15, 0.2) is 0 Å². The van der Waals surface area contributed by atoms with Crippen LogP contribution in [0.15, 0.2) is 0 Å². The Hall–Kier alpha value is -0.0800. The first kappa shape index (κ1) is 20.2. The van der Waals surface area contributed by atoms with Gasteiger partial charge in [0.05, 0.1) is 25.4 Å². The van der Waals surface area contributed by atoms with Gasteiger partial charge in [0, 0.05) is 5.41 Å². The van der Waals surface area contributed by atoms with Crippen LogP contribution in [-0.2, 0) is 9.47 Å². The van der Waals surface area contributed by atoms with Crippen LogP contribution in [0.2, 0.25) is 0 Å². The number of hydrogen-bond donors (Lipinski definition) is 0. The molecule has 4 aliphatic rings. The molecule has 6 unspecified atom stereocenters. The Balaban J connectivity index is 1.32. The highest BCUT2D eigenvalue weighted by Gasteiger charge is 2.63. The summed E-state index contributed by atoms with van der Waals surface area (Å²) in [6.45, 7) is 21.2. The predicted octanol–water partition coefficient (Wildman–Crippen LogP) is 6.48. The lowest BCUT2D eigenvalue weighted by Crippen LogP contribution is -2.41. The molecule has 0 heterocycles. The van der Waals surface area contributed by atoms with Crippen LogP contribution in [0, 0.1) is 38.9 Å². The second kappa shape index (κ2) is 5.97. The molecule has 0 saturated heterocycles. The molecule has 4 bridgehead atoms. The number of hydrogen-bond acceptors (Lipinski definition) is 2.